The van der Waals surface area contributed by atoms with Gasteiger partial charge in [0.05, 0.1) is 0 Å². The maximum atomic E-state index is 10.4. The van der Waals surface area contributed by atoms with Crippen LogP contribution < -0.4 is 0 Å². The number of aliphatic carboxylic acids is 1. The van der Waals surface area contributed by atoms with Crippen LogP contribution in [-0.4, -0.2) is 26.2 Å². The van der Waals surface area contributed by atoms with Crippen LogP contribution in [0.5, 0.6) is 5.75 Å². The Bertz CT molecular complexity index is 669. The van der Waals surface area contributed by atoms with Crippen molar-refractivity contribution in [3.63, 3.8) is 0 Å². The highest BCUT2D eigenvalue weighted by Crippen LogP contribution is 2.22. The van der Waals surface area contributed by atoms with Crippen molar-refractivity contribution < 1.29 is 15.0 Å². The van der Waals surface area contributed by atoms with Crippen molar-refractivity contribution in [3.8, 4) is 17.1 Å². The topological polar surface area (TPSA) is 83.3 Å². The summed E-state index contributed by atoms with van der Waals surface area (Å²) in [6.07, 6.45) is 9.89. The minimum atomic E-state index is -0.712. The summed E-state index contributed by atoms with van der Waals surface area (Å²) in [5, 5.41) is 18.1. The van der Waals surface area contributed by atoms with Crippen LogP contribution >= 0.6 is 0 Å². The number of aromatic nitrogens is 2. The van der Waals surface area contributed by atoms with E-state index in [0.717, 1.165) is 55.2 Å². The molecule has 1 aromatic carbocycles. The number of carboxylic acid groups (broad SMARTS) is 1. The quantitative estimate of drug-likeness (QED) is 0.676. The summed E-state index contributed by atoms with van der Waals surface area (Å²) in [7, 11) is 0. The molecule has 1 aromatic heterocycles. The largest absolute Gasteiger partial charge is 0.508 e. The smallest absolute Gasteiger partial charge is 0.303 e. The zero-order valence-corrected chi connectivity index (χ0v) is 14.0. The van der Waals surface area contributed by atoms with Crippen molar-refractivity contribution in [2.24, 2.45) is 0 Å². The summed E-state index contributed by atoms with van der Waals surface area (Å²) in [4.78, 5) is 19.2. The van der Waals surface area contributed by atoms with Crippen LogP contribution in [0.1, 0.15) is 49.7 Å². The highest BCUT2D eigenvalue weighted by atomic mass is 16.4. The van der Waals surface area contributed by atoms with E-state index in [-0.39, 0.29) is 12.2 Å². The number of aromatic hydroxyl groups is 1. The lowest BCUT2D eigenvalue weighted by Crippen LogP contribution is -1.95. The normalized spacial score (nSPS) is 10.7. The maximum absolute atomic E-state index is 10.4. The predicted octanol–water partition coefficient (Wildman–Crippen LogP) is 4.13. The third-order valence-electron chi connectivity index (χ3n) is 4.02. The number of carbonyl (C=O) groups is 1. The first kappa shape index (κ1) is 17.9. The van der Waals surface area contributed by atoms with Crippen molar-refractivity contribution in [3.05, 3.63) is 41.7 Å². The molecule has 0 aliphatic heterocycles. The van der Waals surface area contributed by atoms with Gasteiger partial charge in [0, 0.05) is 24.4 Å². The van der Waals surface area contributed by atoms with Crippen molar-refractivity contribution in [2.75, 3.05) is 0 Å². The SMILES string of the molecule is Cc1cc(-c2ncc(CCCCCCCC(=O)O)cn2)ccc1O. The predicted molar refractivity (Wildman–Crippen MR) is 92.9 cm³/mol. The Morgan fingerprint density at radius 1 is 1.04 bits per heavy atom. The molecule has 2 aromatic rings. The van der Waals surface area contributed by atoms with Gasteiger partial charge in [-0.2, -0.15) is 0 Å². The van der Waals surface area contributed by atoms with Crippen LogP contribution in [0.25, 0.3) is 11.4 Å². The fraction of sp³-hybridized carbons (Fsp3) is 0.421. The molecule has 0 saturated carbocycles. The molecule has 0 radical (unpaired) electrons. The Balaban J connectivity index is 1.76. The van der Waals surface area contributed by atoms with Crippen molar-refractivity contribution >= 4 is 5.97 Å². The van der Waals surface area contributed by atoms with Crippen molar-refractivity contribution in [2.45, 2.75) is 51.9 Å². The van der Waals surface area contributed by atoms with Gasteiger partial charge in [0.2, 0.25) is 0 Å². The summed E-state index contributed by atoms with van der Waals surface area (Å²) < 4.78 is 0. The number of aryl methyl sites for hydroxylation is 2. The second kappa shape index (κ2) is 9.01. The van der Waals surface area contributed by atoms with Gasteiger partial charge in [-0.25, -0.2) is 9.97 Å². The van der Waals surface area contributed by atoms with E-state index in [1.165, 1.54) is 0 Å². The first-order valence-electron chi connectivity index (χ1n) is 8.39. The van der Waals surface area contributed by atoms with Gasteiger partial charge in [0.1, 0.15) is 5.75 Å². The molecule has 2 rings (SSSR count). The molecule has 0 amide bonds. The fourth-order valence-electron chi connectivity index (χ4n) is 2.56. The Labute approximate surface area is 142 Å². The first-order chi connectivity index (χ1) is 11.6. The highest BCUT2D eigenvalue weighted by Gasteiger charge is 2.04. The summed E-state index contributed by atoms with van der Waals surface area (Å²) in [6, 6.07) is 5.35. The summed E-state index contributed by atoms with van der Waals surface area (Å²) in [5.74, 6) is 0.227. The van der Waals surface area contributed by atoms with Crippen LogP contribution in [0, 0.1) is 6.92 Å². The number of nitrogens with zero attached hydrogens (tertiary/aromatic N) is 2. The van der Waals surface area contributed by atoms with Gasteiger partial charge in [0.25, 0.3) is 0 Å². The molecule has 24 heavy (non-hydrogen) atoms. The molecule has 0 unspecified atom stereocenters. The lowest BCUT2D eigenvalue weighted by Gasteiger charge is -2.05. The van der Waals surface area contributed by atoms with E-state index < -0.39 is 5.97 Å². The lowest BCUT2D eigenvalue weighted by atomic mass is 10.1. The van der Waals surface area contributed by atoms with Gasteiger partial charge in [0.15, 0.2) is 5.82 Å². The molecule has 0 atom stereocenters. The van der Waals surface area contributed by atoms with Gasteiger partial charge in [-0.05, 0) is 55.5 Å². The van der Waals surface area contributed by atoms with E-state index in [1.807, 2.05) is 31.5 Å². The van der Waals surface area contributed by atoms with Crippen LogP contribution in [-0.2, 0) is 11.2 Å². The van der Waals surface area contributed by atoms with Gasteiger partial charge in [-0.1, -0.05) is 19.3 Å². The molecule has 0 aliphatic carbocycles. The van der Waals surface area contributed by atoms with Crippen molar-refractivity contribution in [1.82, 2.24) is 9.97 Å². The molecule has 2 N–H and O–H groups in total. The van der Waals surface area contributed by atoms with E-state index in [9.17, 15) is 9.90 Å². The van der Waals surface area contributed by atoms with Gasteiger partial charge < -0.3 is 10.2 Å². The molecule has 5 heteroatoms. The number of hydrogen-bond acceptors (Lipinski definition) is 4. The third kappa shape index (κ3) is 5.65. The lowest BCUT2D eigenvalue weighted by molar-refractivity contribution is -0.137. The summed E-state index contributed by atoms with van der Waals surface area (Å²) in [6.45, 7) is 1.85. The minimum absolute atomic E-state index is 0.270. The van der Waals surface area contributed by atoms with Crippen LogP contribution in [0.15, 0.2) is 30.6 Å². The first-order valence-corrected chi connectivity index (χ1v) is 8.39. The number of hydrogen-bond donors (Lipinski definition) is 2. The number of unbranched alkanes of at least 4 members (excludes halogenated alkanes) is 4. The second-order valence-electron chi connectivity index (χ2n) is 6.08. The van der Waals surface area contributed by atoms with Crippen LogP contribution in [0.2, 0.25) is 0 Å². The monoisotopic (exact) mass is 328 g/mol. The molecule has 0 saturated heterocycles. The van der Waals surface area contributed by atoms with E-state index in [0.29, 0.717) is 5.82 Å². The molecule has 0 fully saturated rings. The molecule has 0 aliphatic rings. The molecule has 0 bridgehead atoms. The molecule has 5 nitrogen and oxygen atoms in total. The number of rotatable bonds is 9. The molecule has 1 heterocycles. The zero-order chi connectivity index (χ0) is 17.4. The fourth-order valence-corrected chi connectivity index (χ4v) is 2.56. The van der Waals surface area contributed by atoms with Gasteiger partial charge >= 0.3 is 5.97 Å². The summed E-state index contributed by atoms with van der Waals surface area (Å²) in [5.41, 5.74) is 2.82. The van der Waals surface area contributed by atoms with E-state index >= 15 is 0 Å². The molecular formula is C19H24N2O3. The highest BCUT2D eigenvalue weighted by molar-refractivity contribution is 5.66. The Morgan fingerprint density at radius 2 is 1.71 bits per heavy atom. The van der Waals surface area contributed by atoms with E-state index in [2.05, 4.69) is 9.97 Å². The second-order valence-corrected chi connectivity index (χ2v) is 6.08. The van der Waals surface area contributed by atoms with Crippen molar-refractivity contribution in [1.29, 1.82) is 0 Å². The van der Waals surface area contributed by atoms with Gasteiger partial charge in [-0.3, -0.25) is 4.79 Å². The molecule has 0 spiro atoms. The Morgan fingerprint density at radius 3 is 2.38 bits per heavy atom. The van der Waals surface area contributed by atoms with E-state index in [4.69, 9.17) is 5.11 Å². The Hall–Kier alpha value is -2.43. The minimum Gasteiger partial charge on any atom is -0.508 e. The van der Waals surface area contributed by atoms with E-state index in [1.54, 1.807) is 6.07 Å². The number of phenolic OH excluding ortho intramolecular Hbond substituents is 1. The zero-order valence-electron chi connectivity index (χ0n) is 14.0. The number of benzene rings is 1. The average molecular weight is 328 g/mol. The summed E-state index contributed by atoms with van der Waals surface area (Å²) >= 11 is 0. The molecule has 128 valence electrons. The third-order valence-corrected chi connectivity index (χ3v) is 4.02. The standard InChI is InChI=1S/C19H24N2O3/c1-14-11-16(9-10-17(14)22)19-20-12-15(13-21-19)7-5-3-2-4-6-8-18(23)24/h9-13,22H,2-8H2,1H3,(H,23,24). The van der Waals surface area contributed by atoms with Crippen LogP contribution in [0.3, 0.4) is 0 Å². The van der Waals surface area contributed by atoms with Gasteiger partial charge in [-0.15, -0.1) is 0 Å². The number of phenols is 1. The van der Waals surface area contributed by atoms with Crippen LogP contribution in [0.4, 0.5) is 0 Å². The maximum Gasteiger partial charge on any atom is 0.303 e. The molecular weight excluding hydrogens is 304 g/mol. The Kier molecular flexibility index (Phi) is 6.73. The average Bonchev–Trinajstić information content (AvgIpc) is 2.57. The number of carboxylic acids is 1.